The Morgan fingerprint density at radius 3 is 2.78 bits per heavy atom. The summed E-state index contributed by atoms with van der Waals surface area (Å²) in [5, 5.41) is 0. The molecule has 23 heavy (non-hydrogen) atoms. The van der Waals surface area contributed by atoms with Gasteiger partial charge in [0.25, 0.3) is 0 Å². The van der Waals surface area contributed by atoms with Crippen LogP contribution in [0.25, 0.3) is 0 Å². The Hall–Kier alpha value is -2.56. The van der Waals surface area contributed by atoms with Gasteiger partial charge in [-0.1, -0.05) is 6.07 Å². The summed E-state index contributed by atoms with van der Waals surface area (Å²) in [6, 6.07) is 9.42. The van der Waals surface area contributed by atoms with Crippen molar-refractivity contribution in [1.29, 1.82) is 0 Å². The lowest BCUT2D eigenvalue weighted by Crippen LogP contribution is -2.30. The maximum atomic E-state index is 12.4. The number of hydrogen-bond donors (Lipinski definition) is 0. The van der Waals surface area contributed by atoms with E-state index >= 15 is 0 Å². The third-order valence-corrected chi connectivity index (χ3v) is 3.92. The van der Waals surface area contributed by atoms with Crippen molar-refractivity contribution in [3.05, 3.63) is 52.8 Å². The highest BCUT2D eigenvalue weighted by Gasteiger charge is 2.30. The van der Waals surface area contributed by atoms with Crippen LogP contribution in [0.5, 0.6) is 11.5 Å². The Bertz CT molecular complexity index is 742. The Labute approximate surface area is 135 Å². The highest BCUT2D eigenvalue weighted by atomic mass is 16.5. The molecule has 0 aliphatic carbocycles. The molecule has 0 saturated heterocycles. The number of ether oxygens (including phenoxy) is 3. The van der Waals surface area contributed by atoms with Crippen molar-refractivity contribution in [1.82, 2.24) is 4.98 Å². The molecule has 0 saturated carbocycles. The first-order chi connectivity index (χ1) is 11.1. The largest absolute Gasteiger partial charge is 0.497 e. The van der Waals surface area contributed by atoms with Crippen molar-refractivity contribution < 1.29 is 19.0 Å². The molecule has 1 aromatic carbocycles. The highest BCUT2D eigenvalue weighted by Crippen LogP contribution is 2.34. The van der Waals surface area contributed by atoms with E-state index in [0.29, 0.717) is 29.9 Å². The summed E-state index contributed by atoms with van der Waals surface area (Å²) < 4.78 is 16.2. The van der Waals surface area contributed by atoms with Crippen molar-refractivity contribution in [2.45, 2.75) is 25.9 Å². The summed E-state index contributed by atoms with van der Waals surface area (Å²) in [6.45, 7) is 1.95. The summed E-state index contributed by atoms with van der Waals surface area (Å²) >= 11 is 0. The minimum atomic E-state index is -0.358. The SMILES string of the molecule is COc1cc2c(c(OC)c1)C(=O)OC(Cc1cccc(C)n1)C2. The van der Waals surface area contributed by atoms with Gasteiger partial charge in [0.2, 0.25) is 0 Å². The number of fused-ring (bicyclic) bond motifs is 1. The number of aromatic nitrogens is 1. The second-order valence-electron chi connectivity index (χ2n) is 5.57. The maximum absolute atomic E-state index is 12.4. The number of nitrogens with zero attached hydrogens (tertiary/aromatic N) is 1. The van der Waals surface area contributed by atoms with Crippen LogP contribution in [-0.4, -0.2) is 31.3 Å². The van der Waals surface area contributed by atoms with E-state index in [9.17, 15) is 4.79 Å². The van der Waals surface area contributed by atoms with E-state index < -0.39 is 0 Å². The first-order valence-electron chi connectivity index (χ1n) is 7.49. The van der Waals surface area contributed by atoms with Crippen LogP contribution in [0.1, 0.15) is 27.3 Å². The van der Waals surface area contributed by atoms with Crippen LogP contribution in [-0.2, 0) is 17.6 Å². The van der Waals surface area contributed by atoms with Gasteiger partial charge in [-0.3, -0.25) is 4.98 Å². The van der Waals surface area contributed by atoms with Crippen LogP contribution in [0.3, 0.4) is 0 Å². The van der Waals surface area contributed by atoms with E-state index in [1.807, 2.05) is 31.2 Å². The average Bonchev–Trinajstić information content (AvgIpc) is 2.53. The monoisotopic (exact) mass is 313 g/mol. The third kappa shape index (κ3) is 3.13. The summed E-state index contributed by atoms with van der Waals surface area (Å²) in [7, 11) is 3.13. The number of aryl methyl sites for hydroxylation is 1. The molecule has 0 bridgehead atoms. The normalized spacial score (nSPS) is 16.5. The molecule has 120 valence electrons. The lowest BCUT2D eigenvalue weighted by molar-refractivity contribution is 0.0252. The first kappa shape index (κ1) is 15.3. The van der Waals surface area contributed by atoms with Crippen LogP contribution in [0, 0.1) is 6.92 Å². The van der Waals surface area contributed by atoms with E-state index in [4.69, 9.17) is 14.2 Å². The first-order valence-corrected chi connectivity index (χ1v) is 7.49. The van der Waals surface area contributed by atoms with Gasteiger partial charge in [-0.05, 0) is 30.7 Å². The van der Waals surface area contributed by atoms with Crippen LogP contribution in [0.15, 0.2) is 30.3 Å². The van der Waals surface area contributed by atoms with E-state index in [1.54, 1.807) is 13.2 Å². The molecule has 5 heteroatoms. The molecule has 5 nitrogen and oxygen atoms in total. The summed E-state index contributed by atoms with van der Waals surface area (Å²) in [4.78, 5) is 16.8. The van der Waals surface area contributed by atoms with Crippen molar-refractivity contribution in [3.63, 3.8) is 0 Å². The molecule has 1 aliphatic heterocycles. The summed E-state index contributed by atoms with van der Waals surface area (Å²) in [6.07, 6.45) is 0.970. The van der Waals surface area contributed by atoms with Crippen LogP contribution in [0.4, 0.5) is 0 Å². The number of esters is 1. The summed E-state index contributed by atoms with van der Waals surface area (Å²) in [5.41, 5.74) is 3.24. The quantitative estimate of drug-likeness (QED) is 0.812. The molecule has 0 fully saturated rings. The number of hydrogen-bond acceptors (Lipinski definition) is 5. The zero-order chi connectivity index (χ0) is 16.4. The zero-order valence-electron chi connectivity index (χ0n) is 13.5. The van der Waals surface area contributed by atoms with Gasteiger partial charge in [-0.15, -0.1) is 0 Å². The number of rotatable bonds is 4. The maximum Gasteiger partial charge on any atom is 0.342 e. The molecule has 1 unspecified atom stereocenters. The standard InChI is InChI=1S/C18H19NO4/c1-11-5-4-6-13(19-11)9-15-8-12-7-14(21-2)10-16(22-3)17(12)18(20)23-15/h4-7,10,15H,8-9H2,1-3H3. The predicted molar refractivity (Wildman–Crippen MR) is 85.1 cm³/mol. The van der Waals surface area contributed by atoms with Crippen LogP contribution in [0.2, 0.25) is 0 Å². The Kier molecular flexibility index (Phi) is 4.19. The number of benzene rings is 1. The minimum Gasteiger partial charge on any atom is -0.497 e. The molecule has 0 amide bonds. The second-order valence-corrected chi connectivity index (χ2v) is 5.57. The van der Waals surface area contributed by atoms with Crippen molar-refractivity contribution in [2.75, 3.05) is 14.2 Å². The lowest BCUT2D eigenvalue weighted by Gasteiger charge is -2.26. The molecule has 3 rings (SSSR count). The molecule has 2 heterocycles. The van der Waals surface area contributed by atoms with Gasteiger partial charge in [0.15, 0.2) is 0 Å². The molecular weight excluding hydrogens is 294 g/mol. The summed E-state index contributed by atoms with van der Waals surface area (Å²) in [5.74, 6) is 0.794. The molecule has 2 aromatic rings. The average molecular weight is 313 g/mol. The zero-order valence-corrected chi connectivity index (χ0v) is 13.5. The smallest absolute Gasteiger partial charge is 0.342 e. The van der Waals surface area contributed by atoms with Gasteiger partial charge < -0.3 is 14.2 Å². The highest BCUT2D eigenvalue weighted by molar-refractivity contribution is 5.95. The van der Waals surface area contributed by atoms with Gasteiger partial charge in [-0.25, -0.2) is 4.79 Å². The fourth-order valence-electron chi connectivity index (χ4n) is 2.87. The predicted octanol–water partition coefficient (Wildman–Crippen LogP) is 2.73. The topological polar surface area (TPSA) is 57.7 Å². The van der Waals surface area contributed by atoms with Crippen LogP contribution < -0.4 is 9.47 Å². The van der Waals surface area contributed by atoms with E-state index in [1.165, 1.54) is 7.11 Å². The van der Waals surface area contributed by atoms with Gasteiger partial charge in [0.1, 0.15) is 23.2 Å². The Morgan fingerprint density at radius 2 is 2.09 bits per heavy atom. The minimum absolute atomic E-state index is 0.235. The number of carbonyl (C=O) groups excluding carboxylic acids is 1. The number of pyridine rings is 1. The van der Waals surface area contributed by atoms with Crippen molar-refractivity contribution >= 4 is 5.97 Å². The molecule has 0 N–H and O–H groups in total. The molecule has 0 spiro atoms. The van der Waals surface area contributed by atoms with Gasteiger partial charge in [0, 0.05) is 30.3 Å². The van der Waals surface area contributed by atoms with Crippen LogP contribution >= 0.6 is 0 Å². The van der Waals surface area contributed by atoms with E-state index in [-0.39, 0.29) is 12.1 Å². The fourth-order valence-corrected chi connectivity index (χ4v) is 2.87. The molecule has 1 aromatic heterocycles. The Balaban J connectivity index is 1.89. The van der Waals surface area contributed by atoms with Gasteiger partial charge in [-0.2, -0.15) is 0 Å². The van der Waals surface area contributed by atoms with Gasteiger partial charge in [0.05, 0.1) is 14.2 Å². The van der Waals surface area contributed by atoms with E-state index in [0.717, 1.165) is 17.0 Å². The van der Waals surface area contributed by atoms with E-state index in [2.05, 4.69) is 4.98 Å². The number of cyclic esters (lactones) is 1. The Morgan fingerprint density at radius 1 is 1.26 bits per heavy atom. The fraction of sp³-hybridized carbons (Fsp3) is 0.333. The third-order valence-electron chi connectivity index (χ3n) is 3.92. The van der Waals surface area contributed by atoms with Crippen molar-refractivity contribution in [3.8, 4) is 11.5 Å². The number of carbonyl (C=O) groups is 1. The number of methoxy groups -OCH3 is 2. The molecule has 0 radical (unpaired) electrons. The molecular formula is C18H19NO4. The second kappa shape index (κ2) is 6.28. The van der Waals surface area contributed by atoms with Gasteiger partial charge >= 0.3 is 5.97 Å². The molecule has 1 atom stereocenters. The van der Waals surface area contributed by atoms with Crippen molar-refractivity contribution in [2.24, 2.45) is 0 Å². The molecule has 1 aliphatic rings. The lowest BCUT2D eigenvalue weighted by atomic mass is 9.95.